The van der Waals surface area contributed by atoms with Crippen LogP contribution in [0.5, 0.6) is 0 Å². The van der Waals surface area contributed by atoms with Crippen LogP contribution in [0.3, 0.4) is 0 Å². The summed E-state index contributed by atoms with van der Waals surface area (Å²) < 4.78 is 64.7. The minimum Gasteiger partial charge on any atom is -0.475 e. The number of rotatable bonds is 11. The van der Waals surface area contributed by atoms with E-state index in [0.717, 1.165) is 16.0 Å². The van der Waals surface area contributed by atoms with Gasteiger partial charge in [-0.15, -0.1) is 11.3 Å². The van der Waals surface area contributed by atoms with E-state index >= 15 is 0 Å². The van der Waals surface area contributed by atoms with Crippen molar-refractivity contribution in [3.8, 4) is 0 Å². The van der Waals surface area contributed by atoms with Crippen molar-refractivity contribution in [1.82, 2.24) is 14.2 Å². The lowest BCUT2D eigenvalue weighted by molar-refractivity contribution is -0.192. The molecule has 3 heterocycles. The highest BCUT2D eigenvalue weighted by molar-refractivity contribution is 7.92. The van der Waals surface area contributed by atoms with Crippen LogP contribution in [0.25, 0.3) is 6.08 Å². The number of aromatic nitrogens is 1. The summed E-state index contributed by atoms with van der Waals surface area (Å²) in [6.45, 7) is 1.86. The first-order valence-electron chi connectivity index (χ1n) is 11.0. The third kappa shape index (κ3) is 9.87. The van der Waals surface area contributed by atoms with Crippen LogP contribution in [0.4, 0.5) is 18.9 Å². The second-order valence-corrected chi connectivity index (χ2v) is 11.2. The molecule has 10 nitrogen and oxygen atoms in total. The maximum atomic E-state index is 13.0. The fraction of sp³-hybridized carbons (Fsp3) is 0.409. The number of ether oxygens (including phenoxy) is 1. The highest BCUT2D eigenvalue weighted by atomic mass is 35.5. The molecule has 0 radical (unpaired) electrons. The average Bonchev–Trinajstić information content (AvgIpc) is 3.44. The molecule has 0 aromatic carbocycles. The van der Waals surface area contributed by atoms with Crippen LogP contribution in [-0.4, -0.2) is 91.7 Å². The molecule has 0 bridgehead atoms. The van der Waals surface area contributed by atoms with Crippen LogP contribution in [0.15, 0.2) is 42.1 Å². The lowest BCUT2D eigenvalue weighted by atomic mass is 10.2. The Morgan fingerprint density at radius 3 is 2.55 bits per heavy atom. The van der Waals surface area contributed by atoms with Gasteiger partial charge in [0.1, 0.15) is 6.04 Å². The quantitative estimate of drug-likeness (QED) is 0.403. The molecular weight excluding hydrogens is 573 g/mol. The number of thiophene rings is 1. The van der Waals surface area contributed by atoms with Crippen LogP contribution < -0.4 is 5.32 Å². The third-order valence-electron chi connectivity index (χ3n) is 5.09. The van der Waals surface area contributed by atoms with Gasteiger partial charge in [0.2, 0.25) is 15.9 Å². The van der Waals surface area contributed by atoms with Crippen molar-refractivity contribution in [3.63, 3.8) is 0 Å². The molecule has 0 aliphatic carbocycles. The number of aliphatic carboxylic acids is 1. The molecule has 0 saturated carbocycles. The summed E-state index contributed by atoms with van der Waals surface area (Å²) in [6, 6.07) is 6.41. The predicted octanol–water partition coefficient (Wildman–Crippen LogP) is 3.39. The molecule has 2 N–H and O–H groups in total. The smallest absolute Gasteiger partial charge is 0.475 e. The van der Waals surface area contributed by atoms with Crippen LogP contribution >= 0.6 is 22.9 Å². The molecule has 16 heteroatoms. The second-order valence-electron chi connectivity index (χ2n) is 7.69. The van der Waals surface area contributed by atoms with Crippen molar-refractivity contribution in [2.45, 2.75) is 18.6 Å². The van der Waals surface area contributed by atoms with Gasteiger partial charge >= 0.3 is 12.1 Å². The van der Waals surface area contributed by atoms with Gasteiger partial charge in [-0.3, -0.25) is 9.78 Å². The molecular formula is C22H26ClF3N4O6S2. The number of nitrogens with zero attached hydrogens (tertiary/aromatic N) is 3. The number of halogens is 4. The number of sulfonamides is 1. The fourth-order valence-corrected chi connectivity index (χ4v) is 5.71. The van der Waals surface area contributed by atoms with Crippen LogP contribution in [0.1, 0.15) is 11.3 Å². The van der Waals surface area contributed by atoms with Gasteiger partial charge in [0.25, 0.3) is 0 Å². The van der Waals surface area contributed by atoms with Crippen molar-refractivity contribution >= 4 is 56.6 Å². The molecule has 1 unspecified atom stereocenters. The number of methoxy groups -OCH3 is 1. The summed E-state index contributed by atoms with van der Waals surface area (Å²) in [5, 5.41) is 11.5. The van der Waals surface area contributed by atoms with E-state index in [0.29, 0.717) is 30.4 Å². The van der Waals surface area contributed by atoms with E-state index in [1.54, 1.807) is 29.4 Å². The molecule has 1 aliphatic rings. The Morgan fingerprint density at radius 1 is 1.34 bits per heavy atom. The summed E-state index contributed by atoms with van der Waals surface area (Å²) in [5.74, 6) is -2.95. The van der Waals surface area contributed by atoms with Gasteiger partial charge in [0, 0.05) is 61.7 Å². The number of carbonyl (C=O) groups is 2. The van der Waals surface area contributed by atoms with Crippen LogP contribution in [0.2, 0.25) is 4.34 Å². The number of carboxylic acids is 1. The number of carboxylic acid groups (broad SMARTS) is 1. The first-order chi connectivity index (χ1) is 17.8. The molecule has 1 saturated heterocycles. The fourth-order valence-electron chi connectivity index (χ4n) is 3.31. The van der Waals surface area contributed by atoms with Gasteiger partial charge in [-0.25, -0.2) is 13.2 Å². The zero-order valence-corrected chi connectivity index (χ0v) is 22.5. The van der Waals surface area contributed by atoms with Crippen molar-refractivity contribution in [3.05, 3.63) is 51.3 Å². The lowest BCUT2D eigenvalue weighted by Gasteiger charge is -2.26. The van der Waals surface area contributed by atoms with Crippen LogP contribution in [0, 0.1) is 0 Å². The molecule has 2 aromatic heterocycles. The van der Waals surface area contributed by atoms with Crippen molar-refractivity contribution < 1.29 is 41.0 Å². The monoisotopic (exact) mass is 598 g/mol. The highest BCUT2D eigenvalue weighted by Gasteiger charge is 2.40. The topological polar surface area (TPSA) is 129 Å². The third-order valence-corrected chi connectivity index (χ3v) is 7.86. The first kappa shape index (κ1) is 31.5. The number of nitrogens with one attached hydrogen (secondary N) is 1. The molecule has 1 atom stereocenters. The molecule has 0 spiro atoms. The Kier molecular flexibility index (Phi) is 12.0. The average molecular weight is 599 g/mol. The zero-order chi connectivity index (χ0) is 28.3. The molecule has 1 amide bonds. The number of alkyl halides is 3. The van der Waals surface area contributed by atoms with E-state index in [-0.39, 0.29) is 19.1 Å². The summed E-state index contributed by atoms with van der Waals surface area (Å²) in [4.78, 5) is 28.3. The molecule has 3 rings (SSSR count). The number of hydrogen-bond acceptors (Lipinski definition) is 8. The van der Waals surface area contributed by atoms with E-state index in [1.807, 2.05) is 12.1 Å². The summed E-state index contributed by atoms with van der Waals surface area (Å²) >= 11 is 7.19. The highest BCUT2D eigenvalue weighted by Crippen LogP contribution is 2.25. The van der Waals surface area contributed by atoms with E-state index in [1.165, 1.54) is 28.8 Å². The van der Waals surface area contributed by atoms with Gasteiger partial charge in [-0.05, 0) is 36.8 Å². The number of anilines is 1. The Bertz CT molecular complexity index is 1200. The predicted molar refractivity (Wildman–Crippen MR) is 137 cm³/mol. The number of amides is 1. The largest absolute Gasteiger partial charge is 0.490 e. The number of hydrogen-bond donors (Lipinski definition) is 2. The Hall–Kier alpha value is -2.72. The second kappa shape index (κ2) is 14.4. The maximum absolute atomic E-state index is 13.0. The Balaban J connectivity index is 0.000000638. The van der Waals surface area contributed by atoms with Gasteiger partial charge < -0.3 is 20.1 Å². The van der Waals surface area contributed by atoms with E-state index in [2.05, 4.69) is 10.3 Å². The molecule has 210 valence electrons. The van der Waals surface area contributed by atoms with E-state index in [4.69, 9.17) is 26.2 Å². The van der Waals surface area contributed by atoms with Gasteiger partial charge in [0.05, 0.1) is 10.9 Å². The number of pyridine rings is 1. The normalized spacial score (nSPS) is 16.1. The van der Waals surface area contributed by atoms with Crippen molar-refractivity contribution in [2.24, 2.45) is 0 Å². The number of likely N-dealkylation sites (tertiary alicyclic amines) is 1. The Morgan fingerprint density at radius 2 is 2.00 bits per heavy atom. The lowest BCUT2D eigenvalue weighted by Crippen LogP contribution is -2.46. The van der Waals surface area contributed by atoms with Crippen molar-refractivity contribution in [1.29, 1.82) is 0 Å². The SMILES string of the molecule is COCCN(C1CCN(CCNc2ccncc2)C1=O)S(=O)(=O)C=Cc1ccc(Cl)s1.O=C(O)C(F)(F)F. The summed E-state index contributed by atoms with van der Waals surface area (Å²) in [6.07, 6.45) is 0.238. The van der Waals surface area contributed by atoms with Gasteiger partial charge in [-0.2, -0.15) is 17.5 Å². The van der Waals surface area contributed by atoms with E-state index < -0.39 is 28.2 Å². The number of carbonyl (C=O) groups excluding carboxylic acids is 1. The standard InChI is InChI=1S/C20H25ClN4O4S2.C2HF3O2/c1-29-14-13-25(31(27,28)15-7-17-2-3-19(21)30-17)18-6-11-24(20(18)26)12-10-23-16-4-8-22-9-5-16;3-2(4,5)1(6)7/h2-5,7-9,15,18H,6,10-14H2,1H3,(H,22,23);(H,6,7). The van der Waals surface area contributed by atoms with Crippen molar-refractivity contribution in [2.75, 3.05) is 45.2 Å². The summed E-state index contributed by atoms with van der Waals surface area (Å²) in [7, 11) is -2.32. The minimum atomic E-state index is -5.08. The molecule has 1 aliphatic heterocycles. The zero-order valence-electron chi connectivity index (χ0n) is 20.1. The molecule has 1 fully saturated rings. The van der Waals surface area contributed by atoms with Crippen LogP contribution in [-0.2, 0) is 24.3 Å². The van der Waals surface area contributed by atoms with E-state index in [9.17, 15) is 26.4 Å². The summed E-state index contributed by atoms with van der Waals surface area (Å²) in [5.41, 5.74) is 0.918. The minimum absolute atomic E-state index is 0.105. The Labute approximate surface area is 226 Å². The van der Waals surface area contributed by atoms with Gasteiger partial charge in [0.15, 0.2) is 0 Å². The first-order valence-corrected chi connectivity index (χ1v) is 13.7. The molecule has 38 heavy (non-hydrogen) atoms. The molecule has 2 aromatic rings. The van der Waals surface area contributed by atoms with Gasteiger partial charge in [-0.1, -0.05) is 11.6 Å². The maximum Gasteiger partial charge on any atom is 0.490 e.